The maximum absolute atomic E-state index is 13.0. The molecule has 1 atom stereocenters. The second-order valence-electron chi connectivity index (χ2n) is 12.6. The molecule has 2 aliphatic heterocycles. The van der Waals surface area contributed by atoms with Crippen LogP contribution in [0.25, 0.3) is 0 Å². The second-order valence-corrected chi connectivity index (χ2v) is 13.6. The number of carbonyl (C=O) groups is 1. The molecule has 2 aromatic rings. The van der Waals surface area contributed by atoms with Gasteiger partial charge in [-0.1, -0.05) is 48.5 Å². The molecule has 1 unspecified atom stereocenters. The van der Waals surface area contributed by atoms with Crippen LogP contribution < -0.4 is 18.9 Å². The van der Waals surface area contributed by atoms with Crippen LogP contribution in [0.1, 0.15) is 77.0 Å². The summed E-state index contributed by atoms with van der Waals surface area (Å²) in [6, 6.07) is 10.2. The summed E-state index contributed by atoms with van der Waals surface area (Å²) in [4.78, 5) is 17.5. The highest BCUT2D eigenvalue weighted by Gasteiger charge is 2.35. The third kappa shape index (κ3) is 7.00. The minimum absolute atomic E-state index is 0.0185. The van der Waals surface area contributed by atoms with Crippen molar-refractivity contribution >= 4 is 17.7 Å². The van der Waals surface area contributed by atoms with Gasteiger partial charge in [-0.05, 0) is 60.2 Å². The third-order valence-corrected chi connectivity index (χ3v) is 8.78. The lowest BCUT2D eigenvalue weighted by atomic mass is 9.78. The lowest BCUT2D eigenvalue weighted by Crippen LogP contribution is -2.34. The van der Waals surface area contributed by atoms with Crippen LogP contribution in [0.15, 0.2) is 30.3 Å². The standard InChI is InChI=1S/C32H46N2O5S/c1-9-33(15-16-37-23-11-12-26-27(19-23)39-21-38-26)13-10-14-34-28(35)20-40-30(34)22-17-24(31(2,3)4)29(36-8)25(18-22)32(5,6)7/h11-12,17-19,30H,9-10,13-16,20-21H2,1-8H3. The highest BCUT2D eigenvalue weighted by Crippen LogP contribution is 2.46. The Kier molecular flexibility index (Phi) is 9.51. The van der Waals surface area contributed by atoms with E-state index < -0.39 is 0 Å². The summed E-state index contributed by atoms with van der Waals surface area (Å²) in [6.07, 6.45) is 0.912. The first-order valence-electron chi connectivity index (χ1n) is 14.3. The number of methoxy groups -OCH3 is 1. The van der Waals surface area contributed by atoms with Crippen LogP contribution in [-0.4, -0.2) is 68.1 Å². The van der Waals surface area contributed by atoms with Gasteiger partial charge in [0.1, 0.15) is 23.5 Å². The fourth-order valence-electron chi connectivity index (χ4n) is 5.25. The lowest BCUT2D eigenvalue weighted by molar-refractivity contribution is -0.128. The molecule has 0 aromatic heterocycles. The molecule has 4 rings (SSSR count). The van der Waals surface area contributed by atoms with Crippen molar-refractivity contribution in [3.8, 4) is 23.0 Å². The molecule has 2 heterocycles. The van der Waals surface area contributed by atoms with E-state index in [9.17, 15) is 4.79 Å². The molecule has 2 aromatic carbocycles. The van der Waals surface area contributed by atoms with Crippen LogP contribution in [0.5, 0.6) is 23.0 Å². The number of hydrogen-bond donors (Lipinski definition) is 0. The molecule has 8 heteroatoms. The summed E-state index contributed by atoms with van der Waals surface area (Å²) >= 11 is 1.73. The van der Waals surface area contributed by atoms with Gasteiger partial charge in [0, 0.05) is 30.3 Å². The van der Waals surface area contributed by atoms with E-state index in [0.717, 1.165) is 55.6 Å². The molecule has 1 amide bonds. The predicted octanol–water partition coefficient (Wildman–Crippen LogP) is 6.38. The number of amides is 1. The lowest BCUT2D eigenvalue weighted by Gasteiger charge is -2.32. The number of nitrogens with zero attached hydrogens (tertiary/aromatic N) is 2. The molecule has 7 nitrogen and oxygen atoms in total. The average Bonchev–Trinajstić information content (AvgIpc) is 3.52. The van der Waals surface area contributed by atoms with E-state index in [1.54, 1.807) is 18.9 Å². The van der Waals surface area contributed by atoms with Gasteiger partial charge in [0.2, 0.25) is 12.7 Å². The normalized spacial score (nSPS) is 17.2. The zero-order valence-corrected chi connectivity index (χ0v) is 26.3. The zero-order chi connectivity index (χ0) is 29.1. The summed E-state index contributed by atoms with van der Waals surface area (Å²) in [5, 5.41) is 0.0185. The monoisotopic (exact) mass is 570 g/mol. The molecule has 0 aliphatic carbocycles. The molecule has 0 saturated carbocycles. The summed E-state index contributed by atoms with van der Waals surface area (Å²) < 4.78 is 22.8. The summed E-state index contributed by atoms with van der Waals surface area (Å²) in [5.41, 5.74) is 3.41. The van der Waals surface area contributed by atoms with E-state index in [1.807, 2.05) is 18.2 Å². The maximum Gasteiger partial charge on any atom is 0.233 e. The Balaban J connectivity index is 1.39. The van der Waals surface area contributed by atoms with Crippen molar-refractivity contribution < 1.29 is 23.7 Å². The minimum atomic E-state index is -0.0796. The number of thioether (sulfide) groups is 1. The van der Waals surface area contributed by atoms with E-state index in [0.29, 0.717) is 12.4 Å². The smallest absolute Gasteiger partial charge is 0.233 e. The summed E-state index contributed by atoms with van der Waals surface area (Å²) in [5.74, 6) is 3.98. The molecule has 2 aliphatic rings. The molecular weight excluding hydrogens is 524 g/mol. The van der Waals surface area contributed by atoms with Crippen molar-refractivity contribution in [2.45, 2.75) is 71.1 Å². The van der Waals surface area contributed by atoms with E-state index in [4.69, 9.17) is 18.9 Å². The number of fused-ring (bicyclic) bond motifs is 1. The predicted molar refractivity (Wildman–Crippen MR) is 162 cm³/mol. The molecule has 220 valence electrons. The first-order valence-corrected chi connectivity index (χ1v) is 15.4. The van der Waals surface area contributed by atoms with Gasteiger partial charge in [-0.2, -0.15) is 0 Å². The summed E-state index contributed by atoms with van der Waals surface area (Å²) in [7, 11) is 1.76. The van der Waals surface area contributed by atoms with Crippen molar-refractivity contribution in [1.82, 2.24) is 9.80 Å². The van der Waals surface area contributed by atoms with Gasteiger partial charge in [0.25, 0.3) is 0 Å². The number of ether oxygens (including phenoxy) is 4. The Morgan fingerprint density at radius 1 is 1.00 bits per heavy atom. The van der Waals surface area contributed by atoms with Gasteiger partial charge < -0.3 is 28.7 Å². The Bertz CT molecular complexity index is 1150. The highest BCUT2D eigenvalue weighted by atomic mass is 32.2. The number of benzene rings is 2. The van der Waals surface area contributed by atoms with Crippen molar-refractivity contribution in [3.63, 3.8) is 0 Å². The van der Waals surface area contributed by atoms with Crippen molar-refractivity contribution in [2.75, 3.05) is 52.4 Å². The number of hydrogen-bond acceptors (Lipinski definition) is 7. The second kappa shape index (κ2) is 12.5. The fourth-order valence-corrected chi connectivity index (χ4v) is 6.45. The molecule has 0 N–H and O–H groups in total. The minimum Gasteiger partial charge on any atom is -0.496 e. The Labute approximate surface area is 244 Å². The highest BCUT2D eigenvalue weighted by molar-refractivity contribution is 8.00. The van der Waals surface area contributed by atoms with Crippen LogP contribution in [0.2, 0.25) is 0 Å². The molecule has 0 bridgehead atoms. The third-order valence-electron chi connectivity index (χ3n) is 7.53. The van der Waals surface area contributed by atoms with Gasteiger partial charge in [-0.15, -0.1) is 11.8 Å². The number of likely N-dealkylation sites (N-methyl/N-ethyl adjacent to an activating group) is 1. The Morgan fingerprint density at radius 3 is 2.30 bits per heavy atom. The maximum atomic E-state index is 13.0. The largest absolute Gasteiger partial charge is 0.496 e. The van der Waals surface area contributed by atoms with Gasteiger partial charge in [0.15, 0.2) is 11.5 Å². The molecular formula is C32H46N2O5S. The van der Waals surface area contributed by atoms with Gasteiger partial charge in [-0.25, -0.2) is 0 Å². The molecule has 0 radical (unpaired) electrons. The first-order chi connectivity index (χ1) is 18.9. The van der Waals surface area contributed by atoms with E-state index in [2.05, 4.69) is 70.4 Å². The van der Waals surface area contributed by atoms with Gasteiger partial charge in [0.05, 0.1) is 12.9 Å². The SMILES string of the molecule is CCN(CCCN1C(=O)CSC1c1cc(C(C)(C)C)c(OC)c(C(C)(C)C)c1)CCOc1ccc2c(c1)OCO2. The molecule has 1 fully saturated rings. The van der Waals surface area contributed by atoms with Gasteiger partial charge in [-0.3, -0.25) is 4.79 Å². The van der Waals surface area contributed by atoms with E-state index in [1.165, 1.54) is 16.7 Å². The van der Waals surface area contributed by atoms with Crippen molar-refractivity contribution in [2.24, 2.45) is 0 Å². The van der Waals surface area contributed by atoms with Crippen LogP contribution in [0, 0.1) is 0 Å². The van der Waals surface area contributed by atoms with Crippen molar-refractivity contribution in [1.29, 1.82) is 0 Å². The van der Waals surface area contributed by atoms with Gasteiger partial charge >= 0.3 is 0 Å². The number of rotatable bonds is 11. The van der Waals surface area contributed by atoms with Crippen LogP contribution in [-0.2, 0) is 15.6 Å². The summed E-state index contributed by atoms with van der Waals surface area (Å²) in [6.45, 7) is 19.7. The van der Waals surface area contributed by atoms with E-state index >= 15 is 0 Å². The zero-order valence-electron chi connectivity index (χ0n) is 25.5. The van der Waals surface area contributed by atoms with Crippen LogP contribution in [0.4, 0.5) is 0 Å². The molecule has 1 saturated heterocycles. The molecule has 40 heavy (non-hydrogen) atoms. The van der Waals surface area contributed by atoms with Crippen LogP contribution in [0.3, 0.4) is 0 Å². The first kappa shape index (κ1) is 30.4. The Hall–Kier alpha value is -2.58. The quantitative estimate of drug-likeness (QED) is 0.311. The van der Waals surface area contributed by atoms with Crippen molar-refractivity contribution in [3.05, 3.63) is 47.0 Å². The topological polar surface area (TPSA) is 60.5 Å². The Morgan fingerprint density at radius 2 is 1.68 bits per heavy atom. The average molecular weight is 571 g/mol. The fraction of sp³-hybridized carbons (Fsp3) is 0.594. The van der Waals surface area contributed by atoms with E-state index in [-0.39, 0.29) is 28.9 Å². The van der Waals surface area contributed by atoms with Crippen LogP contribution >= 0.6 is 11.8 Å². The number of carbonyl (C=O) groups excluding carboxylic acids is 1. The molecule has 0 spiro atoms.